The Labute approximate surface area is 146 Å². The molecule has 5 heteroatoms. The smallest absolute Gasteiger partial charge is 0.112 e. The summed E-state index contributed by atoms with van der Waals surface area (Å²) in [6.07, 6.45) is 5.54. The molecule has 1 aliphatic rings. The van der Waals surface area contributed by atoms with E-state index in [1.54, 1.807) is 0 Å². The van der Waals surface area contributed by atoms with Crippen LogP contribution < -0.4 is 5.32 Å². The normalized spacial score (nSPS) is 15.3. The van der Waals surface area contributed by atoms with Crippen LogP contribution in [0, 0.1) is 6.20 Å². The van der Waals surface area contributed by atoms with E-state index in [-0.39, 0.29) is 65.4 Å². The van der Waals surface area contributed by atoms with Gasteiger partial charge in [-0.2, -0.15) is 17.2 Å². The Morgan fingerprint density at radius 2 is 1.88 bits per heavy atom. The molecular weight excluding hydrogens is 352 g/mol. The molecule has 0 aromatic heterocycles. The van der Waals surface area contributed by atoms with Gasteiger partial charge in [0.1, 0.15) is 7.05 Å². The van der Waals surface area contributed by atoms with Crippen molar-refractivity contribution >= 4 is 17.6 Å². The first-order valence-corrected chi connectivity index (χ1v) is 4.31. The third-order valence-electron chi connectivity index (χ3n) is 1.81. The number of para-hydroxylation sites is 1. The Bertz CT molecular complexity index is 410. The van der Waals surface area contributed by atoms with Gasteiger partial charge in [0.15, 0.2) is 0 Å². The summed E-state index contributed by atoms with van der Waals surface area (Å²) in [6.45, 7) is 0. The van der Waals surface area contributed by atoms with Crippen LogP contribution >= 0.6 is 0 Å². The number of rotatable bonds is 2. The second-order valence-electron chi connectivity index (χ2n) is 2.76. The van der Waals surface area contributed by atoms with Crippen molar-refractivity contribution in [3.05, 3.63) is 42.2 Å². The van der Waals surface area contributed by atoms with Gasteiger partial charge in [-0.15, -0.1) is 0 Å². The summed E-state index contributed by atoms with van der Waals surface area (Å²) in [7, 11) is 1.81. The van der Waals surface area contributed by atoms with E-state index in [4.69, 9.17) is 0 Å². The second kappa shape index (κ2) is 8.54. The maximum absolute atomic E-state index is 4.36. The van der Waals surface area contributed by atoms with Crippen molar-refractivity contribution < 1.29 is 70.7 Å². The van der Waals surface area contributed by atoms with Gasteiger partial charge in [0, 0.05) is 71.1 Å². The molecule has 0 amide bonds. The van der Waals surface area contributed by atoms with Crippen molar-refractivity contribution in [2.45, 2.75) is 0 Å². The largest absolute Gasteiger partial charge is 0.559 e. The number of hydrogen-bond donors (Lipinski definition) is 1. The minimum Gasteiger partial charge on any atom is -0.559 e. The zero-order chi connectivity index (χ0) is 9.80. The van der Waals surface area contributed by atoms with Gasteiger partial charge in [0.25, 0.3) is 0 Å². The molecule has 75 valence electrons. The van der Waals surface area contributed by atoms with Gasteiger partial charge in [-0.25, -0.2) is 0 Å². The molecule has 1 N–H and O–H groups in total. The fraction of sp³-hybridized carbons (Fsp3) is 0.0909. The van der Waals surface area contributed by atoms with Crippen molar-refractivity contribution in [2.24, 2.45) is 9.98 Å². The third-order valence-corrected chi connectivity index (χ3v) is 1.81. The van der Waals surface area contributed by atoms with Gasteiger partial charge in [-0.05, 0) is 17.8 Å². The van der Waals surface area contributed by atoms with Crippen molar-refractivity contribution in [1.29, 1.82) is 0 Å². The van der Waals surface area contributed by atoms with Crippen LogP contribution in [0.4, 0.5) is 5.69 Å². The Morgan fingerprint density at radius 1 is 1.19 bits per heavy atom. The van der Waals surface area contributed by atoms with E-state index in [2.05, 4.69) is 27.7 Å². The van der Waals surface area contributed by atoms with E-state index >= 15 is 0 Å². The molecule has 0 saturated carbocycles. The van der Waals surface area contributed by atoms with E-state index in [9.17, 15) is 0 Å². The van der Waals surface area contributed by atoms with Crippen LogP contribution in [-0.4, -0.2) is 19.0 Å². The standard InChI is InChI=1S/C11H9N3.2Y/c1-12-10-7-13-8-11(10)14-9-5-3-2-4-6-9;;/h2-6,12H,1H3;;/q-1;;. The van der Waals surface area contributed by atoms with E-state index in [1.807, 2.05) is 37.4 Å². The number of nitrogens with zero attached hydrogens (tertiary/aromatic N) is 2. The molecular formula is C11H9N3Y2-. The molecule has 0 aliphatic carbocycles. The number of hydrogen-bond acceptors (Lipinski definition) is 3. The van der Waals surface area contributed by atoms with Crippen LogP contribution in [0.25, 0.3) is 0 Å². The molecule has 3 nitrogen and oxygen atoms in total. The van der Waals surface area contributed by atoms with Gasteiger partial charge in [-0.3, -0.25) is 0 Å². The summed E-state index contributed by atoms with van der Waals surface area (Å²) in [6, 6.07) is 9.70. The summed E-state index contributed by atoms with van der Waals surface area (Å²) >= 11 is 0. The number of benzene rings is 1. The summed E-state index contributed by atoms with van der Waals surface area (Å²) in [5.74, 6) is 0. The molecule has 2 rings (SSSR count). The first kappa shape index (κ1) is 16.5. The van der Waals surface area contributed by atoms with Crippen LogP contribution in [0.1, 0.15) is 0 Å². The Morgan fingerprint density at radius 3 is 2.50 bits per heavy atom. The molecule has 3 radical (unpaired) electrons. The van der Waals surface area contributed by atoms with Crippen LogP contribution in [-0.2, 0) is 65.4 Å². The van der Waals surface area contributed by atoms with E-state index < -0.39 is 0 Å². The topological polar surface area (TPSA) is 40.3 Å². The summed E-state index contributed by atoms with van der Waals surface area (Å²) < 4.78 is 0. The number of aliphatic imine (C=N–C) groups is 2. The molecule has 1 aromatic rings. The fourth-order valence-corrected chi connectivity index (χ4v) is 1.13. The number of nitrogens with one attached hydrogen (secondary N) is 1. The van der Waals surface area contributed by atoms with Crippen molar-refractivity contribution in [3.63, 3.8) is 0 Å². The molecule has 0 spiro atoms. The van der Waals surface area contributed by atoms with Gasteiger partial charge in [0.05, 0.1) is 0 Å². The Balaban J connectivity index is 0.00000112. The third kappa shape index (κ3) is 4.38. The van der Waals surface area contributed by atoms with Crippen LogP contribution in [0.2, 0.25) is 0 Å². The van der Waals surface area contributed by atoms with Gasteiger partial charge >= 0.3 is 0 Å². The fourth-order valence-electron chi connectivity index (χ4n) is 1.13. The molecule has 0 fully saturated rings. The van der Waals surface area contributed by atoms with Gasteiger partial charge < -0.3 is 16.2 Å². The average Bonchev–Trinajstić information content (AvgIpc) is 2.67. The maximum atomic E-state index is 4.36. The van der Waals surface area contributed by atoms with Crippen molar-refractivity contribution in [2.75, 3.05) is 7.05 Å². The quantitative estimate of drug-likeness (QED) is 0.739. The average molecular weight is 361 g/mol. The minimum absolute atomic E-state index is 0. The molecule has 0 saturated heterocycles. The molecule has 0 bridgehead atoms. The van der Waals surface area contributed by atoms with Crippen LogP contribution in [0.3, 0.4) is 0 Å². The SMILES string of the molecule is C[NH+]C1=[C-]N=[C-]C1=Nc1ccccc1.[Y].[Y]. The molecule has 1 aliphatic heterocycles. The monoisotopic (exact) mass is 361 g/mol. The molecule has 16 heavy (non-hydrogen) atoms. The van der Waals surface area contributed by atoms with Gasteiger partial charge in [-0.1, -0.05) is 18.2 Å². The zero-order valence-electron chi connectivity index (χ0n) is 8.94. The summed E-state index contributed by atoms with van der Waals surface area (Å²) in [4.78, 5) is 8.14. The second-order valence-corrected chi connectivity index (χ2v) is 2.76. The first-order valence-electron chi connectivity index (χ1n) is 4.31. The molecule has 1 heterocycles. The van der Waals surface area contributed by atoms with Crippen molar-refractivity contribution in [3.8, 4) is 0 Å². The Hall–Kier alpha value is 0.468. The first-order chi connectivity index (χ1) is 6.90. The molecule has 1 aromatic carbocycles. The Kier molecular flexibility index (Phi) is 8.79. The van der Waals surface area contributed by atoms with E-state index in [0.29, 0.717) is 5.71 Å². The van der Waals surface area contributed by atoms with Gasteiger partial charge in [0.2, 0.25) is 0 Å². The molecule has 0 unspecified atom stereocenters. The summed E-state index contributed by atoms with van der Waals surface area (Å²) in [5.41, 5.74) is 2.36. The predicted molar refractivity (Wildman–Crippen MR) is 54.6 cm³/mol. The summed E-state index contributed by atoms with van der Waals surface area (Å²) in [5, 5.41) is 2.95. The van der Waals surface area contributed by atoms with Crippen LogP contribution in [0.15, 0.2) is 46.0 Å². The minimum atomic E-state index is 0. The zero-order valence-corrected chi connectivity index (χ0v) is 14.6. The van der Waals surface area contributed by atoms with E-state index in [1.165, 1.54) is 0 Å². The van der Waals surface area contributed by atoms with Crippen molar-refractivity contribution in [1.82, 2.24) is 0 Å². The van der Waals surface area contributed by atoms with Crippen LogP contribution in [0.5, 0.6) is 0 Å². The number of allylic oxidation sites excluding steroid dienone is 1. The van der Waals surface area contributed by atoms with E-state index in [0.717, 1.165) is 11.4 Å². The predicted octanol–water partition coefficient (Wildman–Crippen LogP) is 0.339. The molecule has 0 atom stereocenters. The maximum Gasteiger partial charge on any atom is 0.112 e.